The Morgan fingerprint density at radius 2 is 1.48 bits per heavy atom. The molecule has 14 atom stereocenters. The lowest BCUT2D eigenvalue weighted by molar-refractivity contribution is -0.341. The number of ketones is 1. The highest BCUT2D eigenvalue weighted by Crippen LogP contribution is 2.63. The maximum atomic E-state index is 16.3. The van der Waals surface area contributed by atoms with Gasteiger partial charge in [-0.3, -0.25) is 14.4 Å². The van der Waals surface area contributed by atoms with E-state index in [2.05, 4.69) is 40.4 Å². The number of amides is 1. The molecular weight excluding hydrogens is 929 g/mol. The second-order valence-corrected chi connectivity index (χ2v) is 30.2. The van der Waals surface area contributed by atoms with Crippen LogP contribution in [-0.4, -0.2) is 106 Å². The van der Waals surface area contributed by atoms with Crippen LogP contribution in [0.15, 0.2) is 102 Å². The molecule has 8 rings (SSSR count). The Hall–Kier alpha value is -3.96. The molecule has 2 heterocycles. The third kappa shape index (κ3) is 9.07. The molecule has 18 heteroatoms. The summed E-state index contributed by atoms with van der Waals surface area (Å²) >= 11 is 0. The monoisotopic (exact) mass is 989 g/mol. The summed E-state index contributed by atoms with van der Waals surface area (Å²) < 4.78 is 46.4. The number of aliphatic hydroxyl groups is 1. The molecule has 3 aliphatic carbocycles. The Morgan fingerprint density at radius 3 is 2.06 bits per heavy atom. The summed E-state index contributed by atoms with van der Waals surface area (Å²) in [5, 5.41) is 17.0. The molecule has 358 valence electrons. The molecule has 1 amide bonds. The van der Waals surface area contributed by atoms with Crippen LogP contribution in [-0.2, 0) is 46.7 Å². The number of hydrogen-bond donors (Lipinski definition) is 2. The van der Waals surface area contributed by atoms with Gasteiger partial charge in [-0.25, -0.2) is 9.59 Å². The maximum absolute atomic E-state index is 16.3. The van der Waals surface area contributed by atoms with Crippen molar-refractivity contribution in [3.05, 3.63) is 119 Å². The van der Waals surface area contributed by atoms with Crippen LogP contribution in [0.2, 0.25) is 31.9 Å². The first-order valence-corrected chi connectivity index (χ1v) is 31.7. The molecule has 4 bridgehead atoms. The van der Waals surface area contributed by atoms with Crippen molar-refractivity contribution < 1.29 is 61.4 Å². The van der Waals surface area contributed by atoms with Crippen molar-refractivity contribution in [1.29, 1.82) is 0 Å². The smallest absolute Gasteiger partial charge is 0.338 e. The molecule has 14 nitrogen and oxygen atoms in total. The predicted octanol–water partition coefficient (Wildman–Crippen LogP) is 7.19. The Labute approximate surface area is 397 Å². The average Bonchev–Trinajstić information content (AvgIpc) is 3.30. The van der Waals surface area contributed by atoms with E-state index in [9.17, 15) is 19.5 Å². The Bertz CT molecular complexity index is 2430. The first-order valence-electron chi connectivity index (χ1n) is 22.8. The quantitative estimate of drug-likeness (QED) is 0.0648. The van der Waals surface area contributed by atoms with Crippen molar-refractivity contribution in [2.24, 2.45) is 17.3 Å². The maximum Gasteiger partial charge on any atom is 0.338 e. The highest BCUT2D eigenvalue weighted by molar-refractivity contribution is 8.00. The summed E-state index contributed by atoms with van der Waals surface area (Å²) in [6.07, 6.45) is -7.17. The van der Waals surface area contributed by atoms with E-state index in [1.54, 1.807) is 106 Å². The summed E-state index contributed by atoms with van der Waals surface area (Å²) in [6, 6.07) is 24.8. The summed E-state index contributed by atoms with van der Waals surface area (Å²) in [6.45, 7) is 14.8. The topological polar surface area (TPSA) is 182 Å². The molecule has 3 aromatic rings. The standard InChI is InChI=1S/C49H61NO13P2Si2/c1-28-34(58-46(55)40(61-65-64)38(31-18-12-9-13-19-31)50-44(53)32-20-14-10-15-21-32)25-48(56)29(2)37(28)39-42(52)47(4)35(62-66(5,6)27-67(7,8)63-39)24-36-49(26-57-36,60-30(3)51)41(47)43(48)59-45(54)33-22-16-11-17-23-33/h9-23,29,34-36,38-41,43,56,65H,24-27,64H2,1-8H3,(H,50,53)/t29-,34+,35+,36-,38+,39-,40-,41?,43?,47-,48+,49+/m1/s1. The number of ether oxygens (including phenoxy) is 4. The highest BCUT2D eigenvalue weighted by Gasteiger charge is 2.77. The summed E-state index contributed by atoms with van der Waals surface area (Å²) in [5.41, 5.74) is -2.61. The molecule has 4 fully saturated rings. The fourth-order valence-electron chi connectivity index (χ4n) is 11.8. The van der Waals surface area contributed by atoms with E-state index in [0.717, 1.165) is 0 Å². The molecule has 4 unspecified atom stereocenters. The van der Waals surface area contributed by atoms with Crippen LogP contribution < -0.4 is 5.32 Å². The molecule has 5 aliphatic rings. The van der Waals surface area contributed by atoms with Gasteiger partial charge in [0.1, 0.15) is 30.0 Å². The minimum Gasteiger partial charge on any atom is -0.456 e. The van der Waals surface area contributed by atoms with E-state index in [4.69, 9.17) is 32.3 Å². The molecule has 67 heavy (non-hydrogen) atoms. The van der Waals surface area contributed by atoms with Gasteiger partial charge >= 0.3 is 17.9 Å². The van der Waals surface area contributed by atoms with Crippen molar-refractivity contribution in [3.63, 3.8) is 0 Å². The predicted molar refractivity (Wildman–Crippen MR) is 258 cm³/mol. The number of benzene rings is 3. The van der Waals surface area contributed by atoms with E-state index >= 15 is 9.59 Å². The lowest BCUT2D eigenvalue weighted by atomic mass is 9.47. The van der Waals surface area contributed by atoms with Gasteiger partial charge in [-0.1, -0.05) is 82.6 Å². The van der Waals surface area contributed by atoms with E-state index in [1.165, 1.54) is 6.92 Å². The second kappa shape index (κ2) is 18.7. The average molecular weight is 990 g/mol. The first-order chi connectivity index (χ1) is 31.7. The minimum atomic E-state index is -2.82. The lowest BCUT2D eigenvalue weighted by Crippen LogP contribution is -2.81. The number of hydrogen-bond acceptors (Lipinski definition) is 13. The fraction of sp³-hybridized carbons (Fsp3) is 0.490. The number of Topliss-reactive ketones (excluding diaryl/α,β-unsaturated/α-hetero) is 1. The van der Waals surface area contributed by atoms with Gasteiger partial charge < -0.3 is 42.7 Å². The van der Waals surface area contributed by atoms with Crippen LogP contribution >= 0.6 is 17.4 Å². The SMILES string of the molecule is CC(=O)O[C@@]12CO[C@@H]1C[C@@H]1O[Si](C)(C)C[Si](C)(C)O[C@H]3C(=O)[C@@]1(C)C2C(OC(=O)c1ccccc1)[C@]1(O)C[C@H](OC(=O)[C@H](OPP)[C@@H](NC(=O)c2ccccc2)c2ccccc2)C(C)=C3[C@H]1C. The number of fused-ring (bicyclic) bond motifs is 6. The third-order valence-corrected chi connectivity index (χ3v) is 24.0. The van der Waals surface area contributed by atoms with Crippen molar-refractivity contribution in [1.82, 2.24) is 5.32 Å². The molecule has 0 spiro atoms. The third-order valence-electron chi connectivity index (χ3n) is 14.6. The molecule has 2 saturated heterocycles. The Kier molecular flexibility index (Phi) is 13.8. The van der Waals surface area contributed by atoms with Crippen molar-refractivity contribution >= 4 is 63.7 Å². The van der Waals surface area contributed by atoms with Gasteiger partial charge in [-0.2, -0.15) is 0 Å². The molecular formula is C49H61NO13P2Si2. The molecule has 2 N–H and O–H groups in total. The molecule has 3 aromatic carbocycles. The first kappa shape index (κ1) is 49.5. The van der Waals surface area contributed by atoms with Crippen LogP contribution in [0, 0.1) is 17.3 Å². The van der Waals surface area contributed by atoms with Crippen LogP contribution in [0.5, 0.6) is 0 Å². The van der Waals surface area contributed by atoms with Crippen molar-refractivity contribution in [2.75, 3.05) is 6.61 Å². The minimum absolute atomic E-state index is 0.140. The summed E-state index contributed by atoms with van der Waals surface area (Å²) in [4.78, 5) is 72.9. The van der Waals surface area contributed by atoms with E-state index in [0.29, 0.717) is 27.9 Å². The molecule has 2 saturated carbocycles. The van der Waals surface area contributed by atoms with Gasteiger partial charge in [0, 0.05) is 39.7 Å². The molecule has 2 aliphatic heterocycles. The van der Waals surface area contributed by atoms with Gasteiger partial charge in [0.2, 0.25) is 0 Å². The van der Waals surface area contributed by atoms with Gasteiger partial charge in [-0.15, -0.1) is 0 Å². The number of carbonyl (C=O) groups is 5. The number of carbonyl (C=O) groups excluding carboxylic acids is 5. The zero-order valence-electron chi connectivity index (χ0n) is 39.1. The van der Waals surface area contributed by atoms with Crippen molar-refractivity contribution in [2.45, 2.75) is 126 Å². The van der Waals surface area contributed by atoms with Gasteiger partial charge in [0.05, 0.1) is 35.6 Å². The number of nitrogens with one attached hydrogen (secondary N) is 1. The van der Waals surface area contributed by atoms with Crippen molar-refractivity contribution in [3.8, 4) is 0 Å². The van der Waals surface area contributed by atoms with Crippen LogP contribution in [0.25, 0.3) is 0 Å². The molecule has 0 aromatic heterocycles. The van der Waals surface area contributed by atoms with Gasteiger partial charge in [-0.05, 0) is 86.7 Å². The zero-order valence-corrected chi connectivity index (χ0v) is 43.3. The zero-order chi connectivity index (χ0) is 48.3. The Balaban J connectivity index is 1.31. The van der Waals surface area contributed by atoms with E-state index < -0.39 is 112 Å². The molecule has 0 radical (unpaired) electrons. The largest absolute Gasteiger partial charge is 0.456 e. The number of esters is 3. The Morgan fingerprint density at radius 1 is 0.881 bits per heavy atom. The summed E-state index contributed by atoms with van der Waals surface area (Å²) in [7, 11) is -3.32. The summed E-state index contributed by atoms with van der Waals surface area (Å²) in [5.74, 6) is -5.28. The second-order valence-electron chi connectivity index (χ2n) is 20.1. The van der Waals surface area contributed by atoms with E-state index in [-0.39, 0.29) is 39.3 Å². The van der Waals surface area contributed by atoms with Crippen LogP contribution in [0.4, 0.5) is 0 Å². The van der Waals surface area contributed by atoms with Gasteiger partial charge in [0.15, 0.2) is 34.1 Å². The fourth-order valence-corrected chi connectivity index (χ4v) is 23.5. The highest BCUT2D eigenvalue weighted by atomic mass is 32.0. The van der Waals surface area contributed by atoms with Crippen LogP contribution in [0.3, 0.4) is 0 Å². The van der Waals surface area contributed by atoms with Gasteiger partial charge in [0.25, 0.3) is 5.91 Å². The van der Waals surface area contributed by atoms with Crippen LogP contribution in [0.1, 0.15) is 72.9 Å². The van der Waals surface area contributed by atoms with E-state index in [1.807, 2.05) is 6.07 Å². The number of rotatable bonds is 11. The normalized spacial score (nSPS) is 33.8. The lowest BCUT2D eigenvalue weighted by Gasteiger charge is -2.67.